The highest BCUT2D eigenvalue weighted by Gasteiger charge is 2.44. The molecule has 3 aromatic rings. The average Bonchev–Trinajstić information content (AvgIpc) is 3.23. The Bertz CT molecular complexity index is 1140. The molecule has 2 aromatic carbocycles. The molecule has 0 spiro atoms. The van der Waals surface area contributed by atoms with Gasteiger partial charge >= 0.3 is 0 Å². The van der Waals surface area contributed by atoms with Crippen molar-refractivity contribution in [3.63, 3.8) is 0 Å². The molecular weight excluding hydrogens is 390 g/mol. The highest BCUT2D eigenvalue weighted by molar-refractivity contribution is 6.31. The van der Waals surface area contributed by atoms with Crippen molar-refractivity contribution in [1.82, 2.24) is 9.88 Å². The van der Waals surface area contributed by atoms with Crippen LogP contribution in [0.4, 0.5) is 5.69 Å². The number of fused-ring (bicyclic) bond motifs is 3. The standard InChI is InChI=1S/C22H20ClN3O3/c1-29-20-5-3-2-4-18(20)26-21(27)11-19(22(26)28)25-9-8-14-15-10-13(23)6-7-16(15)24-17(14)12-25/h2-7,10,19,24H,8-9,11-12H2,1H3. The number of nitrogens with zero attached hydrogens (tertiary/aromatic N) is 2. The van der Waals surface area contributed by atoms with Crippen molar-refractivity contribution in [2.75, 3.05) is 18.6 Å². The van der Waals surface area contributed by atoms with Gasteiger partial charge in [0, 0.05) is 34.7 Å². The predicted molar refractivity (Wildman–Crippen MR) is 111 cm³/mol. The van der Waals surface area contributed by atoms with E-state index in [0.29, 0.717) is 23.0 Å². The van der Waals surface area contributed by atoms with E-state index >= 15 is 0 Å². The second-order valence-corrected chi connectivity index (χ2v) is 7.89. The van der Waals surface area contributed by atoms with Gasteiger partial charge in [0.1, 0.15) is 5.75 Å². The lowest BCUT2D eigenvalue weighted by Crippen LogP contribution is -2.44. The van der Waals surface area contributed by atoms with E-state index in [2.05, 4.69) is 9.88 Å². The minimum absolute atomic E-state index is 0.179. The van der Waals surface area contributed by atoms with Gasteiger partial charge < -0.3 is 9.72 Å². The molecular formula is C22H20ClN3O3. The summed E-state index contributed by atoms with van der Waals surface area (Å²) in [6.07, 6.45) is 0.987. The molecule has 1 atom stereocenters. The fraction of sp³-hybridized carbons (Fsp3) is 0.273. The summed E-state index contributed by atoms with van der Waals surface area (Å²) in [6, 6.07) is 12.5. The van der Waals surface area contributed by atoms with E-state index in [1.807, 2.05) is 24.3 Å². The van der Waals surface area contributed by atoms with Crippen LogP contribution in [0.2, 0.25) is 5.02 Å². The van der Waals surface area contributed by atoms with Gasteiger partial charge in [0.2, 0.25) is 5.91 Å². The highest BCUT2D eigenvalue weighted by Crippen LogP contribution is 2.35. The summed E-state index contributed by atoms with van der Waals surface area (Å²) in [4.78, 5) is 32.7. The van der Waals surface area contributed by atoms with Crippen LogP contribution in [0, 0.1) is 0 Å². The lowest BCUT2D eigenvalue weighted by Gasteiger charge is -2.31. The van der Waals surface area contributed by atoms with Crippen LogP contribution in [0.15, 0.2) is 42.5 Å². The number of benzene rings is 2. The first-order valence-corrected chi connectivity index (χ1v) is 9.97. The summed E-state index contributed by atoms with van der Waals surface area (Å²) in [7, 11) is 1.54. The number of ether oxygens (including phenoxy) is 1. The molecule has 1 aromatic heterocycles. The zero-order valence-electron chi connectivity index (χ0n) is 15.9. The summed E-state index contributed by atoms with van der Waals surface area (Å²) in [5.41, 5.74) is 3.89. The molecule has 0 radical (unpaired) electrons. The van der Waals surface area contributed by atoms with Crippen molar-refractivity contribution in [3.8, 4) is 5.75 Å². The molecule has 0 aliphatic carbocycles. The third-order valence-electron chi connectivity index (χ3n) is 5.86. The van der Waals surface area contributed by atoms with Crippen LogP contribution in [-0.4, -0.2) is 41.4 Å². The van der Waals surface area contributed by atoms with E-state index < -0.39 is 6.04 Å². The van der Waals surface area contributed by atoms with Gasteiger partial charge in [-0.15, -0.1) is 0 Å². The fourth-order valence-electron chi connectivity index (χ4n) is 4.47. The Hall–Kier alpha value is -2.83. The number of imide groups is 1. The molecule has 148 valence electrons. The lowest BCUT2D eigenvalue weighted by atomic mass is 10.0. The van der Waals surface area contributed by atoms with Crippen molar-refractivity contribution in [3.05, 3.63) is 58.7 Å². The smallest absolute Gasteiger partial charge is 0.251 e. The molecule has 7 heteroatoms. The maximum absolute atomic E-state index is 13.2. The number of halogens is 1. The molecule has 1 unspecified atom stereocenters. The van der Waals surface area contributed by atoms with Gasteiger partial charge in [-0.05, 0) is 42.3 Å². The second-order valence-electron chi connectivity index (χ2n) is 7.45. The zero-order valence-corrected chi connectivity index (χ0v) is 16.7. The van der Waals surface area contributed by atoms with Crippen molar-refractivity contribution in [2.24, 2.45) is 0 Å². The Labute approximate surface area is 173 Å². The van der Waals surface area contributed by atoms with Crippen LogP contribution in [-0.2, 0) is 22.6 Å². The number of carbonyl (C=O) groups is 2. The van der Waals surface area contributed by atoms with Gasteiger partial charge in [-0.3, -0.25) is 14.5 Å². The normalized spacial score (nSPS) is 19.8. The third kappa shape index (κ3) is 2.91. The first kappa shape index (κ1) is 18.2. The molecule has 6 nitrogen and oxygen atoms in total. The summed E-state index contributed by atoms with van der Waals surface area (Å²) < 4.78 is 5.35. The number of hydrogen-bond donors (Lipinski definition) is 1. The number of H-pyrrole nitrogens is 1. The van der Waals surface area contributed by atoms with Crippen molar-refractivity contribution in [2.45, 2.75) is 25.4 Å². The van der Waals surface area contributed by atoms with E-state index in [-0.39, 0.29) is 18.2 Å². The number of carbonyl (C=O) groups excluding carboxylic acids is 2. The third-order valence-corrected chi connectivity index (χ3v) is 6.09. The van der Waals surface area contributed by atoms with Crippen LogP contribution in [0.3, 0.4) is 0 Å². The molecule has 1 fully saturated rings. The molecule has 2 aliphatic rings. The van der Waals surface area contributed by atoms with Gasteiger partial charge in [0.05, 0.1) is 25.3 Å². The summed E-state index contributed by atoms with van der Waals surface area (Å²) in [5.74, 6) is 0.129. The summed E-state index contributed by atoms with van der Waals surface area (Å²) >= 11 is 6.16. The van der Waals surface area contributed by atoms with E-state index in [1.54, 1.807) is 18.2 Å². The number of anilines is 1. The molecule has 1 saturated heterocycles. The Balaban J connectivity index is 1.43. The Morgan fingerprint density at radius 1 is 1.17 bits per heavy atom. The molecule has 3 heterocycles. The van der Waals surface area contributed by atoms with Crippen LogP contribution in [0.25, 0.3) is 10.9 Å². The first-order valence-electron chi connectivity index (χ1n) is 9.59. The Morgan fingerprint density at radius 3 is 2.83 bits per heavy atom. The molecule has 29 heavy (non-hydrogen) atoms. The van der Waals surface area contributed by atoms with Gasteiger partial charge in [0.15, 0.2) is 0 Å². The van der Waals surface area contributed by atoms with Crippen molar-refractivity contribution < 1.29 is 14.3 Å². The van der Waals surface area contributed by atoms with Gasteiger partial charge in [-0.1, -0.05) is 23.7 Å². The second kappa shape index (κ2) is 6.90. The average molecular weight is 410 g/mol. The van der Waals surface area contributed by atoms with Crippen LogP contribution in [0.5, 0.6) is 5.75 Å². The van der Waals surface area contributed by atoms with Crippen molar-refractivity contribution in [1.29, 1.82) is 0 Å². The molecule has 0 saturated carbocycles. The van der Waals surface area contributed by atoms with E-state index in [0.717, 1.165) is 29.6 Å². The molecule has 1 N–H and O–H groups in total. The van der Waals surface area contributed by atoms with Crippen molar-refractivity contribution >= 4 is 40.0 Å². The van der Waals surface area contributed by atoms with Gasteiger partial charge in [-0.2, -0.15) is 0 Å². The molecule has 0 bridgehead atoms. The molecule has 5 rings (SSSR count). The fourth-order valence-corrected chi connectivity index (χ4v) is 4.64. The van der Waals surface area contributed by atoms with Gasteiger partial charge in [0.25, 0.3) is 5.91 Å². The summed E-state index contributed by atoms with van der Waals surface area (Å²) in [6.45, 7) is 1.32. The number of aromatic amines is 1. The summed E-state index contributed by atoms with van der Waals surface area (Å²) in [5, 5.41) is 1.85. The minimum atomic E-state index is -0.462. The number of rotatable bonds is 3. The van der Waals surface area contributed by atoms with Crippen LogP contribution < -0.4 is 9.64 Å². The zero-order chi connectivity index (χ0) is 20.1. The number of amides is 2. The van der Waals surface area contributed by atoms with E-state index in [1.165, 1.54) is 17.6 Å². The molecule has 2 aliphatic heterocycles. The SMILES string of the molecule is COc1ccccc1N1C(=O)CC(N2CCc3c([nH]c4ccc(Cl)cc34)C2)C1=O. The van der Waals surface area contributed by atoms with E-state index in [4.69, 9.17) is 16.3 Å². The minimum Gasteiger partial charge on any atom is -0.495 e. The Morgan fingerprint density at radius 2 is 2.00 bits per heavy atom. The number of methoxy groups -OCH3 is 1. The topological polar surface area (TPSA) is 65.6 Å². The maximum Gasteiger partial charge on any atom is 0.251 e. The number of hydrogen-bond acceptors (Lipinski definition) is 4. The highest BCUT2D eigenvalue weighted by atomic mass is 35.5. The predicted octanol–water partition coefficient (Wildman–Crippen LogP) is 3.52. The number of nitrogens with one attached hydrogen (secondary N) is 1. The Kier molecular flexibility index (Phi) is 4.33. The largest absolute Gasteiger partial charge is 0.495 e. The van der Waals surface area contributed by atoms with E-state index in [9.17, 15) is 9.59 Å². The first-order chi connectivity index (χ1) is 14.1. The van der Waals surface area contributed by atoms with Crippen LogP contribution in [0.1, 0.15) is 17.7 Å². The maximum atomic E-state index is 13.2. The monoisotopic (exact) mass is 409 g/mol. The lowest BCUT2D eigenvalue weighted by molar-refractivity contribution is -0.123. The van der Waals surface area contributed by atoms with Crippen LogP contribution >= 0.6 is 11.6 Å². The molecule has 2 amide bonds. The van der Waals surface area contributed by atoms with Gasteiger partial charge in [-0.25, -0.2) is 4.90 Å². The number of aromatic nitrogens is 1. The number of para-hydroxylation sites is 2. The quantitative estimate of drug-likeness (QED) is 0.672.